The Morgan fingerprint density at radius 1 is 1.06 bits per heavy atom. The van der Waals surface area contributed by atoms with Crippen LogP contribution in [0.15, 0.2) is 66.9 Å². The highest BCUT2D eigenvalue weighted by Gasteiger charge is 2.24. The number of unbranched alkanes of at least 4 members (excludes halogenated alkanes) is 1. The molecule has 0 spiro atoms. The van der Waals surface area contributed by atoms with Crippen molar-refractivity contribution in [3.05, 3.63) is 89.5 Å². The molecule has 1 heterocycles. The van der Waals surface area contributed by atoms with E-state index in [1.165, 1.54) is 0 Å². The molecule has 3 rings (SSSR count). The average molecular weight is 435 g/mol. The normalized spacial score (nSPS) is 11.7. The molecule has 7 heteroatoms. The minimum absolute atomic E-state index is 0.0486. The van der Waals surface area contributed by atoms with Crippen LogP contribution in [-0.4, -0.2) is 37.7 Å². The van der Waals surface area contributed by atoms with Gasteiger partial charge in [0.2, 0.25) is 0 Å². The molecule has 2 N–H and O–H groups in total. The molecule has 0 aliphatic heterocycles. The average Bonchev–Trinajstić information content (AvgIpc) is 3.20. The molecule has 2 amide bonds. The molecule has 3 aromatic rings. The standard InChI is InChI=1S/C25H30N4O3/c1-3-4-15-23-26-16-22(28(23)17-20-11-7-5-8-12-20)24(30)27-19(2)25(31)29(32)18-21-13-9-6-10-14-21/h5-14,16,19,32H,3-4,15,17-18H2,1-2H3,(H,27,30). The molecule has 1 unspecified atom stereocenters. The molecule has 32 heavy (non-hydrogen) atoms. The summed E-state index contributed by atoms with van der Waals surface area (Å²) in [7, 11) is 0. The second-order valence-electron chi connectivity index (χ2n) is 7.81. The molecule has 1 atom stereocenters. The Morgan fingerprint density at radius 3 is 2.31 bits per heavy atom. The van der Waals surface area contributed by atoms with Crippen molar-refractivity contribution < 1.29 is 14.8 Å². The molecule has 0 saturated carbocycles. The number of hydrogen-bond acceptors (Lipinski definition) is 4. The van der Waals surface area contributed by atoms with Gasteiger partial charge in [0.05, 0.1) is 12.7 Å². The first-order valence-corrected chi connectivity index (χ1v) is 10.9. The minimum atomic E-state index is -0.893. The van der Waals surface area contributed by atoms with Crippen molar-refractivity contribution in [2.45, 2.75) is 52.2 Å². The maximum Gasteiger partial charge on any atom is 0.270 e. The molecular weight excluding hydrogens is 404 g/mol. The number of carbonyl (C=O) groups excluding carboxylic acids is 2. The van der Waals surface area contributed by atoms with Crippen molar-refractivity contribution in [1.29, 1.82) is 0 Å². The number of amides is 2. The molecule has 0 radical (unpaired) electrons. The lowest BCUT2D eigenvalue weighted by atomic mass is 10.2. The quantitative estimate of drug-likeness (QED) is 0.375. The summed E-state index contributed by atoms with van der Waals surface area (Å²) in [5, 5.41) is 13.5. The Bertz CT molecular complexity index is 1020. The molecule has 0 fully saturated rings. The van der Waals surface area contributed by atoms with Crippen LogP contribution in [0, 0.1) is 0 Å². The number of aryl methyl sites for hydroxylation is 1. The lowest BCUT2D eigenvalue weighted by Gasteiger charge is -2.21. The maximum atomic E-state index is 13.0. The van der Waals surface area contributed by atoms with E-state index in [-0.39, 0.29) is 6.54 Å². The molecule has 1 aromatic heterocycles. The number of hydrogen-bond donors (Lipinski definition) is 2. The summed E-state index contributed by atoms with van der Waals surface area (Å²) in [4.78, 5) is 30.1. The summed E-state index contributed by atoms with van der Waals surface area (Å²) in [6, 6.07) is 18.2. The zero-order valence-corrected chi connectivity index (χ0v) is 18.6. The fourth-order valence-corrected chi connectivity index (χ4v) is 3.46. The van der Waals surface area contributed by atoms with Crippen LogP contribution in [0.5, 0.6) is 0 Å². The van der Waals surface area contributed by atoms with E-state index in [0.717, 1.165) is 36.2 Å². The summed E-state index contributed by atoms with van der Waals surface area (Å²) in [6.45, 7) is 4.24. The highest BCUT2D eigenvalue weighted by Crippen LogP contribution is 2.13. The number of carbonyl (C=O) groups is 2. The summed E-state index contributed by atoms with van der Waals surface area (Å²) < 4.78 is 1.90. The monoisotopic (exact) mass is 434 g/mol. The van der Waals surface area contributed by atoms with Gasteiger partial charge in [0.25, 0.3) is 11.8 Å². The van der Waals surface area contributed by atoms with Crippen LogP contribution in [0.4, 0.5) is 0 Å². The summed E-state index contributed by atoms with van der Waals surface area (Å²) in [5.41, 5.74) is 2.25. The van der Waals surface area contributed by atoms with Crippen LogP contribution in [0.3, 0.4) is 0 Å². The number of rotatable bonds is 10. The molecule has 0 aliphatic carbocycles. The van der Waals surface area contributed by atoms with Crippen LogP contribution in [0.2, 0.25) is 0 Å². The first-order chi connectivity index (χ1) is 15.5. The second-order valence-corrected chi connectivity index (χ2v) is 7.81. The van der Waals surface area contributed by atoms with Gasteiger partial charge in [-0.15, -0.1) is 0 Å². The summed E-state index contributed by atoms with van der Waals surface area (Å²) in [5.74, 6) is -0.139. The van der Waals surface area contributed by atoms with Crippen LogP contribution in [0.1, 0.15) is 54.1 Å². The number of nitrogens with one attached hydrogen (secondary N) is 1. The van der Waals surface area contributed by atoms with Gasteiger partial charge < -0.3 is 9.88 Å². The molecular formula is C25H30N4O3. The summed E-state index contributed by atoms with van der Waals surface area (Å²) in [6.07, 6.45) is 4.33. The number of imidazole rings is 1. The molecule has 0 aliphatic rings. The van der Waals surface area contributed by atoms with Gasteiger partial charge in [0, 0.05) is 13.0 Å². The predicted octanol–water partition coefficient (Wildman–Crippen LogP) is 3.81. The van der Waals surface area contributed by atoms with Crippen LogP contribution in [-0.2, 0) is 24.3 Å². The van der Waals surface area contributed by atoms with Crippen molar-refractivity contribution in [2.24, 2.45) is 0 Å². The van der Waals surface area contributed by atoms with Gasteiger partial charge in [0.1, 0.15) is 17.6 Å². The number of aromatic nitrogens is 2. The van der Waals surface area contributed by atoms with E-state index in [2.05, 4.69) is 17.2 Å². The molecule has 0 saturated heterocycles. The van der Waals surface area contributed by atoms with Crippen LogP contribution < -0.4 is 5.32 Å². The van der Waals surface area contributed by atoms with Gasteiger partial charge in [-0.3, -0.25) is 14.8 Å². The van der Waals surface area contributed by atoms with E-state index in [9.17, 15) is 14.8 Å². The Hall–Kier alpha value is -3.45. The fraction of sp³-hybridized carbons (Fsp3) is 0.320. The zero-order valence-electron chi connectivity index (χ0n) is 18.6. The highest BCUT2D eigenvalue weighted by atomic mass is 16.5. The van der Waals surface area contributed by atoms with Gasteiger partial charge in [-0.2, -0.15) is 0 Å². The Balaban J connectivity index is 1.71. The maximum absolute atomic E-state index is 13.0. The Morgan fingerprint density at radius 2 is 1.69 bits per heavy atom. The van der Waals surface area contributed by atoms with Crippen molar-refractivity contribution in [2.75, 3.05) is 0 Å². The topological polar surface area (TPSA) is 87.5 Å². The first kappa shape index (κ1) is 23.2. The van der Waals surface area contributed by atoms with Crippen molar-refractivity contribution in [1.82, 2.24) is 19.9 Å². The second kappa shape index (κ2) is 11.2. The lowest BCUT2D eigenvalue weighted by Crippen LogP contribution is -2.46. The molecule has 7 nitrogen and oxygen atoms in total. The van der Waals surface area contributed by atoms with E-state index >= 15 is 0 Å². The van der Waals surface area contributed by atoms with Gasteiger partial charge in [0.15, 0.2) is 0 Å². The largest absolute Gasteiger partial charge is 0.339 e. The number of hydroxylamine groups is 2. The predicted molar refractivity (Wildman–Crippen MR) is 122 cm³/mol. The number of nitrogens with zero attached hydrogens (tertiary/aromatic N) is 3. The summed E-state index contributed by atoms with van der Waals surface area (Å²) >= 11 is 0. The SMILES string of the molecule is CCCCc1ncc(C(=O)NC(C)C(=O)N(O)Cc2ccccc2)n1Cc1ccccc1. The fourth-order valence-electron chi connectivity index (χ4n) is 3.46. The Labute approximate surface area is 188 Å². The van der Waals surface area contributed by atoms with Crippen molar-refractivity contribution in [3.63, 3.8) is 0 Å². The lowest BCUT2D eigenvalue weighted by molar-refractivity contribution is -0.169. The van der Waals surface area contributed by atoms with Crippen molar-refractivity contribution in [3.8, 4) is 0 Å². The highest BCUT2D eigenvalue weighted by molar-refractivity contribution is 5.96. The Kier molecular flexibility index (Phi) is 8.16. The van der Waals surface area contributed by atoms with Gasteiger partial charge >= 0.3 is 0 Å². The van der Waals surface area contributed by atoms with E-state index in [1.807, 2.05) is 65.2 Å². The third kappa shape index (κ3) is 6.04. The molecule has 0 bridgehead atoms. The third-order valence-corrected chi connectivity index (χ3v) is 5.26. The van der Waals surface area contributed by atoms with E-state index in [0.29, 0.717) is 17.3 Å². The van der Waals surface area contributed by atoms with E-state index in [4.69, 9.17) is 0 Å². The van der Waals surface area contributed by atoms with E-state index in [1.54, 1.807) is 13.1 Å². The van der Waals surface area contributed by atoms with Crippen molar-refractivity contribution >= 4 is 11.8 Å². The first-order valence-electron chi connectivity index (χ1n) is 10.9. The minimum Gasteiger partial charge on any atom is -0.339 e. The zero-order chi connectivity index (χ0) is 22.9. The van der Waals surface area contributed by atoms with Crippen LogP contribution in [0.25, 0.3) is 0 Å². The van der Waals surface area contributed by atoms with Gasteiger partial charge in [-0.1, -0.05) is 74.0 Å². The van der Waals surface area contributed by atoms with Gasteiger partial charge in [-0.25, -0.2) is 10.0 Å². The van der Waals surface area contributed by atoms with E-state index < -0.39 is 17.9 Å². The molecule has 168 valence electrons. The van der Waals surface area contributed by atoms with Gasteiger partial charge in [-0.05, 0) is 24.5 Å². The molecule has 2 aromatic carbocycles. The third-order valence-electron chi connectivity index (χ3n) is 5.26. The van der Waals surface area contributed by atoms with Crippen LogP contribution >= 0.6 is 0 Å². The number of benzene rings is 2. The smallest absolute Gasteiger partial charge is 0.270 e.